The number of anilines is 2. The maximum Gasteiger partial charge on any atom is 0.222 e. The van der Waals surface area contributed by atoms with Crippen molar-refractivity contribution < 1.29 is 4.74 Å². The van der Waals surface area contributed by atoms with Crippen molar-refractivity contribution >= 4 is 11.8 Å². The zero-order valence-electron chi connectivity index (χ0n) is 8.32. The predicted octanol–water partition coefficient (Wildman–Crippen LogP) is 0.836. The number of nitrogens with zero attached hydrogens (tertiary/aromatic N) is 2. The molecule has 0 spiro atoms. The first kappa shape index (κ1) is 9.21. The Kier molecular flexibility index (Phi) is 2.03. The van der Waals surface area contributed by atoms with Gasteiger partial charge >= 0.3 is 0 Å². The molecule has 4 N–H and O–H groups in total. The smallest absolute Gasteiger partial charge is 0.222 e. The molecule has 0 aromatic carbocycles. The molecule has 1 aliphatic heterocycles. The molecule has 0 amide bonds. The number of fused-ring (bicyclic) bond motifs is 1. The molecule has 0 radical (unpaired) electrons. The summed E-state index contributed by atoms with van der Waals surface area (Å²) < 4.78 is 5.54. The van der Waals surface area contributed by atoms with E-state index in [2.05, 4.69) is 9.97 Å². The van der Waals surface area contributed by atoms with Gasteiger partial charge in [0.05, 0.1) is 18.4 Å². The second-order valence-electron chi connectivity index (χ2n) is 3.64. The van der Waals surface area contributed by atoms with Gasteiger partial charge in [-0.05, 0) is 6.92 Å². The number of rotatable bonds is 0. The minimum atomic E-state index is -0.0400. The molecule has 0 aliphatic carbocycles. The number of aromatic nitrogens is 2. The largest absolute Gasteiger partial charge is 0.383 e. The SMILES string of the molecule is CC1COC(C)c2c(N)nc(N)nc21. The molecule has 1 aromatic heterocycles. The Balaban J connectivity index is 2.60. The van der Waals surface area contributed by atoms with E-state index in [-0.39, 0.29) is 18.0 Å². The van der Waals surface area contributed by atoms with Gasteiger partial charge in [-0.3, -0.25) is 0 Å². The van der Waals surface area contributed by atoms with Crippen molar-refractivity contribution in [3.8, 4) is 0 Å². The highest BCUT2D eigenvalue weighted by Gasteiger charge is 2.27. The maximum atomic E-state index is 5.78. The van der Waals surface area contributed by atoms with E-state index in [1.807, 2.05) is 13.8 Å². The van der Waals surface area contributed by atoms with Crippen LogP contribution in [-0.2, 0) is 4.74 Å². The third-order valence-corrected chi connectivity index (χ3v) is 2.49. The molecule has 0 saturated carbocycles. The summed E-state index contributed by atoms with van der Waals surface area (Å²) in [6.45, 7) is 4.64. The van der Waals surface area contributed by atoms with Crippen LogP contribution in [0.1, 0.15) is 37.1 Å². The zero-order chi connectivity index (χ0) is 10.3. The number of nitrogen functional groups attached to an aromatic ring is 2. The van der Waals surface area contributed by atoms with Gasteiger partial charge in [0.25, 0.3) is 0 Å². The van der Waals surface area contributed by atoms with Crippen LogP contribution in [0.15, 0.2) is 0 Å². The molecule has 2 unspecified atom stereocenters. The molecular formula is C9H14N4O. The summed E-state index contributed by atoms with van der Waals surface area (Å²) in [6, 6.07) is 0. The van der Waals surface area contributed by atoms with Gasteiger partial charge in [0.15, 0.2) is 0 Å². The minimum absolute atomic E-state index is 0.0400. The average Bonchev–Trinajstić information content (AvgIpc) is 2.10. The Morgan fingerprint density at radius 1 is 1.29 bits per heavy atom. The van der Waals surface area contributed by atoms with Gasteiger partial charge in [-0.1, -0.05) is 6.92 Å². The Hall–Kier alpha value is -1.36. The van der Waals surface area contributed by atoms with Crippen molar-refractivity contribution in [1.29, 1.82) is 0 Å². The third-order valence-electron chi connectivity index (χ3n) is 2.49. The summed E-state index contributed by atoms with van der Waals surface area (Å²) in [5.41, 5.74) is 13.1. The van der Waals surface area contributed by atoms with Crippen LogP contribution in [0.3, 0.4) is 0 Å². The molecule has 1 aliphatic rings. The maximum absolute atomic E-state index is 5.78. The first-order valence-electron chi connectivity index (χ1n) is 4.64. The lowest BCUT2D eigenvalue weighted by Gasteiger charge is -2.27. The Morgan fingerprint density at radius 3 is 2.71 bits per heavy atom. The topological polar surface area (TPSA) is 87.0 Å². The van der Waals surface area contributed by atoms with Crippen LogP contribution in [0.5, 0.6) is 0 Å². The van der Waals surface area contributed by atoms with E-state index in [4.69, 9.17) is 16.2 Å². The standard InChI is InChI=1S/C9H14N4O/c1-4-3-14-5(2)6-7(4)12-9(11)13-8(6)10/h4-5H,3H2,1-2H3,(H4,10,11,12,13). The summed E-state index contributed by atoms with van der Waals surface area (Å²) in [7, 11) is 0. The second-order valence-corrected chi connectivity index (χ2v) is 3.64. The van der Waals surface area contributed by atoms with Gasteiger partial charge in [-0.15, -0.1) is 0 Å². The van der Waals surface area contributed by atoms with Gasteiger partial charge in [-0.25, -0.2) is 4.98 Å². The number of hydrogen-bond donors (Lipinski definition) is 2. The number of nitrogens with two attached hydrogens (primary N) is 2. The lowest BCUT2D eigenvalue weighted by molar-refractivity contribution is 0.0417. The minimum Gasteiger partial charge on any atom is -0.383 e. The summed E-state index contributed by atoms with van der Waals surface area (Å²) in [5.74, 6) is 0.905. The fourth-order valence-electron chi connectivity index (χ4n) is 1.77. The van der Waals surface area contributed by atoms with Gasteiger partial charge in [0.1, 0.15) is 5.82 Å². The van der Waals surface area contributed by atoms with E-state index >= 15 is 0 Å². The van der Waals surface area contributed by atoms with Crippen molar-refractivity contribution in [1.82, 2.24) is 9.97 Å². The van der Waals surface area contributed by atoms with E-state index in [1.165, 1.54) is 0 Å². The highest BCUT2D eigenvalue weighted by Crippen LogP contribution is 2.35. The molecule has 2 atom stereocenters. The molecule has 2 rings (SSSR count). The van der Waals surface area contributed by atoms with Gasteiger partial charge in [-0.2, -0.15) is 4.98 Å². The monoisotopic (exact) mass is 194 g/mol. The Labute approximate surface area is 82.5 Å². The van der Waals surface area contributed by atoms with E-state index in [9.17, 15) is 0 Å². The highest BCUT2D eigenvalue weighted by atomic mass is 16.5. The quantitative estimate of drug-likeness (QED) is 0.639. The number of hydrogen-bond acceptors (Lipinski definition) is 5. The first-order valence-corrected chi connectivity index (χ1v) is 4.64. The van der Waals surface area contributed by atoms with E-state index < -0.39 is 0 Å². The molecule has 76 valence electrons. The van der Waals surface area contributed by atoms with Crippen LogP contribution >= 0.6 is 0 Å². The van der Waals surface area contributed by atoms with Crippen molar-refractivity contribution in [2.45, 2.75) is 25.9 Å². The molecule has 0 saturated heterocycles. The van der Waals surface area contributed by atoms with Crippen molar-refractivity contribution in [2.75, 3.05) is 18.1 Å². The van der Waals surface area contributed by atoms with Gasteiger partial charge in [0, 0.05) is 11.5 Å². The number of ether oxygens (including phenoxy) is 1. The molecule has 0 bridgehead atoms. The first-order chi connectivity index (χ1) is 6.59. The summed E-state index contributed by atoms with van der Waals surface area (Å²) >= 11 is 0. The second kappa shape index (κ2) is 3.09. The van der Waals surface area contributed by atoms with Crippen LogP contribution < -0.4 is 11.5 Å². The van der Waals surface area contributed by atoms with Crippen LogP contribution in [0, 0.1) is 0 Å². The Bertz CT molecular complexity index is 366. The highest BCUT2D eigenvalue weighted by molar-refractivity contribution is 5.49. The summed E-state index contributed by atoms with van der Waals surface area (Å²) in [5, 5.41) is 0. The van der Waals surface area contributed by atoms with Crippen molar-refractivity contribution in [3.05, 3.63) is 11.3 Å². The average molecular weight is 194 g/mol. The molecule has 14 heavy (non-hydrogen) atoms. The third kappa shape index (κ3) is 1.29. The normalized spacial score (nSPS) is 25.9. The molecule has 5 heteroatoms. The van der Waals surface area contributed by atoms with Crippen LogP contribution in [0.25, 0.3) is 0 Å². The fraction of sp³-hybridized carbons (Fsp3) is 0.556. The summed E-state index contributed by atoms with van der Waals surface area (Å²) in [4.78, 5) is 8.15. The van der Waals surface area contributed by atoms with E-state index in [1.54, 1.807) is 0 Å². The van der Waals surface area contributed by atoms with E-state index in [0.29, 0.717) is 12.4 Å². The van der Waals surface area contributed by atoms with Gasteiger partial charge < -0.3 is 16.2 Å². The lowest BCUT2D eigenvalue weighted by atomic mass is 9.97. The zero-order valence-corrected chi connectivity index (χ0v) is 8.32. The predicted molar refractivity (Wildman–Crippen MR) is 53.6 cm³/mol. The lowest BCUT2D eigenvalue weighted by Crippen LogP contribution is -2.22. The molecular weight excluding hydrogens is 180 g/mol. The summed E-state index contributed by atoms with van der Waals surface area (Å²) in [6.07, 6.45) is -0.0400. The molecule has 1 aromatic rings. The molecule has 0 fully saturated rings. The molecule has 2 heterocycles. The van der Waals surface area contributed by atoms with Crippen molar-refractivity contribution in [2.24, 2.45) is 0 Å². The van der Waals surface area contributed by atoms with Crippen molar-refractivity contribution in [3.63, 3.8) is 0 Å². The fourth-order valence-corrected chi connectivity index (χ4v) is 1.77. The molecule has 5 nitrogen and oxygen atoms in total. The van der Waals surface area contributed by atoms with Crippen LogP contribution in [0.4, 0.5) is 11.8 Å². The Morgan fingerprint density at radius 2 is 2.00 bits per heavy atom. The van der Waals surface area contributed by atoms with Crippen LogP contribution in [0.2, 0.25) is 0 Å². The van der Waals surface area contributed by atoms with E-state index in [0.717, 1.165) is 11.3 Å². The van der Waals surface area contributed by atoms with Gasteiger partial charge in [0.2, 0.25) is 5.95 Å². The van der Waals surface area contributed by atoms with Crippen LogP contribution in [-0.4, -0.2) is 16.6 Å².